The lowest BCUT2D eigenvalue weighted by Crippen LogP contribution is -2.50. The van der Waals surface area contributed by atoms with Crippen molar-refractivity contribution in [1.82, 2.24) is 0 Å². The first-order valence-corrected chi connectivity index (χ1v) is 6.72. The fourth-order valence-corrected chi connectivity index (χ4v) is 2.77. The zero-order valence-electron chi connectivity index (χ0n) is 10.2. The molecular formula is C11H13Cl3O5. The van der Waals surface area contributed by atoms with E-state index in [4.69, 9.17) is 44.3 Å². The summed E-state index contributed by atoms with van der Waals surface area (Å²) in [4.78, 5) is 33.5. The monoisotopic (exact) mass is 330 g/mol. The van der Waals surface area contributed by atoms with Crippen LogP contribution < -0.4 is 0 Å². The number of methoxy groups -OCH3 is 1. The minimum atomic E-state index is -1.34. The molecule has 3 unspecified atom stereocenters. The second-order valence-corrected chi connectivity index (χ2v) is 5.46. The van der Waals surface area contributed by atoms with Crippen LogP contribution >= 0.6 is 34.8 Å². The average molecular weight is 332 g/mol. The lowest BCUT2D eigenvalue weighted by Gasteiger charge is -2.42. The van der Waals surface area contributed by atoms with Crippen LogP contribution in [0.1, 0.15) is 19.3 Å². The zero-order chi connectivity index (χ0) is 14.6. The smallest absolute Gasteiger partial charge is 0.247 e. The van der Waals surface area contributed by atoms with Crippen LogP contribution in [0.15, 0.2) is 0 Å². The molecule has 3 atom stereocenters. The number of rotatable bonds is 6. The molecule has 8 heteroatoms. The van der Waals surface area contributed by atoms with Gasteiger partial charge >= 0.3 is 0 Å². The van der Waals surface area contributed by atoms with Crippen LogP contribution in [0.2, 0.25) is 0 Å². The average Bonchev–Trinajstić information content (AvgIpc) is 2.35. The van der Waals surface area contributed by atoms with Gasteiger partial charge in [-0.3, -0.25) is 14.4 Å². The second-order valence-electron chi connectivity index (χ2n) is 4.29. The number of halogens is 3. The summed E-state index contributed by atoms with van der Waals surface area (Å²) in [6, 6.07) is 0. The van der Waals surface area contributed by atoms with Gasteiger partial charge in [0.2, 0.25) is 15.7 Å². The highest BCUT2D eigenvalue weighted by Gasteiger charge is 2.49. The van der Waals surface area contributed by atoms with Crippen molar-refractivity contribution in [2.75, 3.05) is 13.7 Å². The largest absolute Gasteiger partial charge is 0.352 e. The van der Waals surface area contributed by atoms with Gasteiger partial charge in [-0.25, -0.2) is 0 Å². The predicted molar refractivity (Wildman–Crippen MR) is 69.1 cm³/mol. The van der Waals surface area contributed by atoms with Gasteiger partial charge in [0.05, 0.1) is 5.92 Å². The first-order valence-electron chi connectivity index (χ1n) is 5.58. The Morgan fingerprint density at radius 3 is 2.26 bits per heavy atom. The summed E-state index contributed by atoms with van der Waals surface area (Å²) in [6.45, 7) is -0.407. The van der Waals surface area contributed by atoms with Crippen molar-refractivity contribution in [3.8, 4) is 0 Å². The first kappa shape index (κ1) is 16.9. The minimum absolute atomic E-state index is 0.120. The summed E-state index contributed by atoms with van der Waals surface area (Å²) in [7, 11) is 1.34. The highest BCUT2D eigenvalue weighted by molar-refractivity contribution is 6.65. The number of hydrogen-bond donors (Lipinski definition) is 0. The summed E-state index contributed by atoms with van der Waals surface area (Å²) < 4.78 is 10.6. The van der Waals surface area contributed by atoms with E-state index >= 15 is 0 Å². The number of carbonyl (C=O) groups excluding carboxylic acids is 3. The van der Waals surface area contributed by atoms with E-state index in [1.54, 1.807) is 0 Å². The Hall–Kier alpha value is -0.200. The number of carbonyl (C=O) groups is 3. The Morgan fingerprint density at radius 2 is 1.84 bits per heavy atom. The molecule has 0 saturated heterocycles. The molecule has 0 aromatic carbocycles. The van der Waals surface area contributed by atoms with E-state index in [0.717, 1.165) is 0 Å². The lowest BCUT2D eigenvalue weighted by molar-refractivity contribution is -0.260. The number of ether oxygens (including phenoxy) is 2. The van der Waals surface area contributed by atoms with Crippen LogP contribution in [-0.4, -0.2) is 35.2 Å². The molecule has 1 aliphatic carbocycles. The van der Waals surface area contributed by atoms with E-state index in [0.29, 0.717) is 6.42 Å². The van der Waals surface area contributed by atoms with Crippen molar-refractivity contribution < 1.29 is 23.9 Å². The van der Waals surface area contributed by atoms with Crippen molar-refractivity contribution >= 4 is 50.5 Å². The maximum atomic E-state index is 11.5. The Bertz CT molecular complexity index is 387. The van der Waals surface area contributed by atoms with Gasteiger partial charge in [0, 0.05) is 19.4 Å². The van der Waals surface area contributed by atoms with Crippen molar-refractivity contribution in [2.45, 2.75) is 25.0 Å². The fourth-order valence-electron chi connectivity index (χ4n) is 2.26. The topological polar surface area (TPSA) is 69.7 Å². The Balaban J connectivity index is 2.92. The maximum Gasteiger partial charge on any atom is 0.247 e. The van der Waals surface area contributed by atoms with Crippen LogP contribution in [0.25, 0.3) is 0 Å². The Labute approximate surface area is 125 Å². The van der Waals surface area contributed by atoms with Crippen molar-refractivity contribution in [1.29, 1.82) is 0 Å². The van der Waals surface area contributed by atoms with Gasteiger partial charge < -0.3 is 9.47 Å². The van der Waals surface area contributed by atoms with Crippen LogP contribution in [0.5, 0.6) is 0 Å². The molecule has 0 aliphatic heterocycles. The van der Waals surface area contributed by atoms with Gasteiger partial charge in [0.1, 0.15) is 6.61 Å². The van der Waals surface area contributed by atoms with E-state index in [1.807, 2.05) is 0 Å². The molecule has 5 nitrogen and oxygen atoms in total. The quantitative estimate of drug-likeness (QED) is 0.550. The molecule has 0 amide bonds. The molecule has 0 bridgehead atoms. The predicted octanol–water partition coefficient (Wildman–Crippen LogP) is 2.06. The third kappa shape index (κ3) is 4.13. The molecule has 1 saturated carbocycles. The molecule has 0 N–H and O–H groups in total. The molecule has 19 heavy (non-hydrogen) atoms. The van der Waals surface area contributed by atoms with E-state index < -0.39 is 40.0 Å². The Morgan fingerprint density at radius 1 is 1.21 bits per heavy atom. The fraction of sp³-hybridized carbons (Fsp3) is 0.727. The summed E-state index contributed by atoms with van der Waals surface area (Å²) >= 11 is 16.2. The van der Waals surface area contributed by atoms with Gasteiger partial charge in [-0.15, -0.1) is 0 Å². The first-order chi connectivity index (χ1) is 8.82. The summed E-state index contributed by atoms with van der Waals surface area (Å²) in [5.41, 5.74) is 0. The van der Waals surface area contributed by atoms with Gasteiger partial charge in [0.25, 0.3) is 0 Å². The molecule has 0 aromatic heterocycles. The van der Waals surface area contributed by atoms with E-state index in [1.165, 1.54) is 7.11 Å². The standard InChI is InChI=1S/C11H13Cl3O5/c1-18-11(19-5-8(12)15)3-2-6(9(13)16)4-7(11)10(14)17/h6-7H,2-5H2,1H3. The van der Waals surface area contributed by atoms with Crippen molar-refractivity contribution in [3.63, 3.8) is 0 Å². The lowest BCUT2D eigenvalue weighted by atomic mass is 9.78. The van der Waals surface area contributed by atoms with E-state index in [-0.39, 0.29) is 12.8 Å². The van der Waals surface area contributed by atoms with E-state index in [2.05, 4.69) is 0 Å². The van der Waals surface area contributed by atoms with Crippen molar-refractivity contribution in [2.24, 2.45) is 11.8 Å². The second kappa shape index (κ2) is 6.99. The summed E-state index contributed by atoms with van der Waals surface area (Å²) in [5.74, 6) is -2.70. The van der Waals surface area contributed by atoms with Gasteiger partial charge in [-0.1, -0.05) is 0 Å². The number of hydrogen-bond acceptors (Lipinski definition) is 5. The third-order valence-electron chi connectivity index (χ3n) is 3.26. The molecule has 1 rings (SSSR count). The molecule has 0 radical (unpaired) electrons. The third-order valence-corrected chi connectivity index (χ3v) is 3.94. The molecule has 108 valence electrons. The SMILES string of the molecule is COC1(OCC(=O)Cl)CCC(C(=O)Cl)CC1C(=O)Cl. The summed E-state index contributed by atoms with van der Waals surface area (Å²) in [6.07, 6.45) is 0.724. The molecule has 0 spiro atoms. The van der Waals surface area contributed by atoms with Gasteiger partial charge in [-0.2, -0.15) is 0 Å². The normalized spacial score (nSPS) is 30.9. The van der Waals surface area contributed by atoms with E-state index in [9.17, 15) is 14.4 Å². The molecule has 1 fully saturated rings. The summed E-state index contributed by atoms with van der Waals surface area (Å²) in [5, 5.41) is -1.94. The van der Waals surface area contributed by atoms with Crippen LogP contribution in [0, 0.1) is 11.8 Å². The molecular weight excluding hydrogens is 318 g/mol. The van der Waals surface area contributed by atoms with Crippen LogP contribution in [-0.2, 0) is 23.9 Å². The highest BCUT2D eigenvalue weighted by Crippen LogP contribution is 2.42. The molecule has 0 aromatic rings. The van der Waals surface area contributed by atoms with Crippen LogP contribution in [0.4, 0.5) is 0 Å². The highest BCUT2D eigenvalue weighted by atomic mass is 35.5. The minimum Gasteiger partial charge on any atom is -0.352 e. The molecule has 1 aliphatic rings. The zero-order valence-corrected chi connectivity index (χ0v) is 12.4. The van der Waals surface area contributed by atoms with Gasteiger partial charge in [0.15, 0.2) is 5.79 Å². The van der Waals surface area contributed by atoms with Crippen molar-refractivity contribution in [3.05, 3.63) is 0 Å². The van der Waals surface area contributed by atoms with Gasteiger partial charge in [-0.05, 0) is 47.6 Å². The van der Waals surface area contributed by atoms with Crippen LogP contribution in [0.3, 0.4) is 0 Å². The Kier molecular flexibility index (Phi) is 6.20. The molecule has 0 heterocycles. The maximum absolute atomic E-state index is 11.5.